The van der Waals surface area contributed by atoms with E-state index in [1.807, 2.05) is 72.9 Å². The molecule has 0 N–H and O–H groups in total. The molecule has 0 saturated carbocycles. The van der Waals surface area contributed by atoms with Crippen molar-refractivity contribution in [3.8, 4) is 11.3 Å². The molecule has 0 aliphatic heterocycles. The molecule has 142 valence electrons. The summed E-state index contributed by atoms with van der Waals surface area (Å²) in [5, 5.41) is 0. The highest BCUT2D eigenvalue weighted by atomic mass is 16.1. The van der Waals surface area contributed by atoms with Crippen LogP contribution in [0.1, 0.15) is 39.4 Å². The fourth-order valence-electron chi connectivity index (χ4n) is 3.75. The van der Waals surface area contributed by atoms with Gasteiger partial charge in [-0.05, 0) is 30.2 Å². The highest BCUT2D eigenvalue weighted by Gasteiger charge is 2.22. The number of carbonyl (C=O) groups excluding carboxylic acids is 1. The maximum Gasteiger partial charge on any atom is 0.163 e. The smallest absolute Gasteiger partial charge is 0.163 e. The number of ketones is 1. The zero-order valence-corrected chi connectivity index (χ0v) is 16.5. The summed E-state index contributed by atoms with van der Waals surface area (Å²) in [5.74, 6) is 0.105. The number of aryl methyl sites for hydroxylation is 1. The van der Waals surface area contributed by atoms with E-state index >= 15 is 0 Å². The van der Waals surface area contributed by atoms with Crippen LogP contribution in [0.4, 0.5) is 0 Å². The van der Waals surface area contributed by atoms with Gasteiger partial charge in [0.15, 0.2) is 5.78 Å². The molecule has 2 nitrogen and oxygen atoms in total. The zero-order valence-electron chi connectivity index (χ0n) is 16.5. The van der Waals surface area contributed by atoms with Gasteiger partial charge in [0.1, 0.15) is 0 Å². The summed E-state index contributed by atoms with van der Waals surface area (Å²) in [7, 11) is 0. The van der Waals surface area contributed by atoms with Crippen molar-refractivity contribution in [2.45, 2.75) is 19.3 Å². The summed E-state index contributed by atoms with van der Waals surface area (Å²) in [6, 6.07) is 32.2. The Morgan fingerprint density at radius 2 is 1.52 bits per heavy atom. The lowest BCUT2D eigenvalue weighted by Gasteiger charge is -2.21. The molecule has 2 heteroatoms. The lowest BCUT2D eigenvalue weighted by atomic mass is 9.82. The van der Waals surface area contributed by atoms with Crippen LogP contribution in [-0.2, 0) is 0 Å². The summed E-state index contributed by atoms with van der Waals surface area (Å²) >= 11 is 0. The first-order chi connectivity index (χ1) is 14.2. The van der Waals surface area contributed by atoms with Crippen LogP contribution < -0.4 is 0 Å². The van der Waals surface area contributed by atoms with Gasteiger partial charge in [-0.15, -0.1) is 0 Å². The Morgan fingerprint density at radius 1 is 0.828 bits per heavy atom. The Bertz CT molecular complexity index is 1090. The van der Waals surface area contributed by atoms with Crippen LogP contribution in [0.3, 0.4) is 0 Å². The molecule has 0 unspecified atom stereocenters. The van der Waals surface area contributed by atoms with E-state index in [-0.39, 0.29) is 11.7 Å². The van der Waals surface area contributed by atoms with Gasteiger partial charge in [-0.1, -0.05) is 90.5 Å². The average Bonchev–Trinajstić information content (AvgIpc) is 2.79. The number of hydrogen-bond donors (Lipinski definition) is 0. The fourth-order valence-corrected chi connectivity index (χ4v) is 3.75. The molecule has 3 aromatic carbocycles. The first-order valence-corrected chi connectivity index (χ1v) is 9.87. The Morgan fingerprint density at radius 3 is 2.21 bits per heavy atom. The lowest BCUT2D eigenvalue weighted by Crippen LogP contribution is -2.11. The van der Waals surface area contributed by atoms with Gasteiger partial charge >= 0.3 is 0 Å². The van der Waals surface area contributed by atoms with Crippen molar-refractivity contribution in [1.29, 1.82) is 0 Å². The summed E-state index contributed by atoms with van der Waals surface area (Å²) in [5.41, 5.74) is 6.20. The van der Waals surface area contributed by atoms with E-state index in [2.05, 4.69) is 42.2 Å². The largest absolute Gasteiger partial charge is 0.294 e. The van der Waals surface area contributed by atoms with E-state index < -0.39 is 0 Å². The number of carbonyl (C=O) groups is 1. The highest BCUT2D eigenvalue weighted by Crippen LogP contribution is 2.36. The Labute approximate surface area is 171 Å². The van der Waals surface area contributed by atoms with Crippen molar-refractivity contribution in [2.75, 3.05) is 0 Å². The van der Waals surface area contributed by atoms with Crippen molar-refractivity contribution in [2.24, 2.45) is 0 Å². The van der Waals surface area contributed by atoms with Gasteiger partial charge in [-0.3, -0.25) is 9.78 Å². The van der Waals surface area contributed by atoms with Gasteiger partial charge in [0.25, 0.3) is 0 Å². The molecule has 29 heavy (non-hydrogen) atoms. The molecule has 4 rings (SSSR count). The summed E-state index contributed by atoms with van der Waals surface area (Å²) in [6.45, 7) is 2.09. The molecule has 0 spiro atoms. The van der Waals surface area contributed by atoms with Crippen LogP contribution in [0, 0.1) is 6.92 Å². The van der Waals surface area contributed by atoms with Crippen molar-refractivity contribution < 1.29 is 4.79 Å². The van der Waals surface area contributed by atoms with E-state index in [4.69, 9.17) is 0 Å². The predicted octanol–water partition coefficient (Wildman–Crippen LogP) is 6.46. The normalized spacial score (nSPS) is 11.8. The van der Waals surface area contributed by atoms with Gasteiger partial charge < -0.3 is 0 Å². The number of Topliss-reactive ketones (excluding diaryl/α,β-unsaturated/α-hetero) is 1. The Hall–Kier alpha value is -3.52. The molecule has 4 aromatic rings. The van der Waals surface area contributed by atoms with Crippen LogP contribution in [0.2, 0.25) is 0 Å². The zero-order chi connectivity index (χ0) is 20.1. The third kappa shape index (κ3) is 4.33. The fraction of sp³-hybridized carbons (Fsp3) is 0.111. The topological polar surface area (TPSA) is 30.0 Å². The van der Waals surface area contributed by atoms with Crippen LogP contribution >= 0.6 is 0 Å². The molecule has 1 aromatic heterocycles. The summed E-state index contributed by atoms with van der Waals surface area (Å²) in [6.07, 6.45) is 2.23. The number of pyridine rings is 1. The number of rotatable bonds is 6. The molecular weight excluding hydrogens is 354 g/mol. The molecular formula is C27H23NO. The molecule has 0 aliphatic rings. The molecule has 0 aliphatic carbocycles. The number of benzene rings is 3. The predicted molar refractivity (Wildman–Crippen MR) is 118 cm³/mol. The standard InChI is InChI=1S/C27H23NO/c1-20-15-16-23(26-14-8-9-17-28-26)25(18-20)24(21-10-4-2-5-11-21)19-27(29)22-12-6-3-7-13-22/h2-18,24H,19H2,1H3/t24-/m1/s1. The third-order valence-electron chi connectivity index (χ3n) is 5.21. The van der Waals surface area contributed by atoms with Gasteiger partial charge in [0, 0.05) is 29.7 Å². The second-order valence-electron chi connectivity index (χ2n) is 7.26. The third-order valence-corrected chi connectivity index (χ3v) is 5.21. The van der Waals surface area contributed by atoms with Crippen LogP contribution in [-0.4, -0.2) is 10.8 Å². The number of hydrogen-bond acceptors (Lipinski definition) is 2. The maximum atomic E-state index is 13.1. The van der Waals surface area contributed by atoms with Crippen molar-refractivity contribution in [1.82, 2.24) is 4.98 Å². The van der Waals surface area contributed by atoms with Gasteiger partial charge in [-0.25, -0.2) is 0 Å². The van der Waals surface area contributed by atoms with Gasteiger partial charge in [0.2, 0.25) is 0 Å². The maximum absolute atomic E-state index is 13.1. The molecule has 1 heterocycles. The Kier molecular flexibility index (Phi) is 5.62. The molecule has 0 saturated heterocycles. The molecule has 0 radical (unpaired) electrons. The number of aromatic nitrogens is 1. The highest BCUT2D eigenvalue weighted by molar-refractivity contribution is 5.97. The van der Waals surface area contributed by atoms with Gasteiger partial charge in [-0.2, -0.15) is 0 Å². The SMILES string of the molecule is Cc1ccc(-c2ccccn2)c([C@H](CC(=O)c2ccccc2)c2ccccc2)c1. The minimum Gasteiger partial charge on any atom is -0.294 e. The summed E-state index contributed by atoms with van der Waals surface area (Å²) in [4.78, 5) is 17.7. The van der Waals surface area contributed by atoms with E-state index in [0.29, 0.717) is 6.42 Å². The van der Waals surface area contributed by atoms with Crippen LogP contribution in [0.5, 0.6) is 0 Å². The molecule has 0 bridgehead atoms. The van der Waals surface area contributed by atoms with Crippen LogP contribution in [0.25, 0.3) is 11.3 Å². The minimum absolute atomic E-state index is 0.0409. The lowest BCUT2D eigenvalue weighted by molar-refractivity contribution is 0.0977. The monoisotopic (exact) mass is 377 g/mol. The second-order valence-corrected chi connectivity index (χ2v) is 7.26. The first-order valence-electron chi connectivity index (χ1n) is 9.87. The van der Waals surface area contributed by atoms with Crippen LogP contribution in [0.15, 0.2) is 103 Å². The van der Waals surface area contributed by atoms with E-state index in [1.165, 1.54) is 5.56 Å². The summed E-state index contributed by atoms with van der Waals surface area (Å²) < 4.78 is 0. The molecule has 1 atom stereocenters. The van der Waals surface area contributed by atoms with Gasteiger partial charge in [0.05, 0.1) is 5.69 Å². The minimum atomic E-state index is -0.0409. The Balaban J connectivity index is 1.82. The second kappa shape index (κ2) is 8.66. The average molecular weight is 377 g/mol. The quantitative estimate of drug-likeness (QED) is 0.361. The van der Waals surface area contributed by atoms with Crippen molar-refractivity contribution >= 4 is 5.78 Å². The molecule has 0 fully saturated rings. The van der Waals surface area contributed by atoms with Crippen molar-refractivity contribution in [3.63, 3.8) is 0 Å². The van der Waals surface area contributed by atoms with E-state index in [0.717, 1.165) is 27.9 Å². The van der Waals surface area contributed by atoms with E-state index in [1.54, 1.807) is 0 Å². The van der Waals surface area contributed by atoms with E-state index in [9.17, 15) is 4.79 Å². The number of nitrogens with zero attached hydrogens (tertiary/aromatic N) is 1. The van der Waals surface area contributed by atoms with Crippen molar-refractivity contribution in [3.05, 3.63) is 126 Å². The molecule has 0 amide bonds. The first kappa shape index (κ1) is 18.8.